The number of nitro groups is 1. The van der Waals surface area contributed by atoms with Crippen LogP contribution < -0.4 is 20.9 Å². The van der Waals surface area contributed by atoms with Crippen molar-refractivity contribution in [1.29, 1.82) is 0 Å². The van der Waals surface area contributed by atoms with Gasteiger partial charge in [-0.1, -0.05) is 36.4 Å². The monoisotopic (exact) mass is 480 g/mol. The number of para-hydroxylation sites is 1. The molecule has 2 unspecified atom stereocenters. The van der Waals surface area contributed by atoms with E-state index in [4.69, 9.17) is 0 Å². The molecule has 3 aromatic rings. The molecular formula is C27H24N6O3. The van der Waals surface area contributed by atoms with Crippen molar-refractivity contribution in [3.05, 3.63) is 118 Å². The second-order valence-corrected chi connectivity index (χ2v) is 9.13. The fourth-order valence-corrected chi connectivity index (χ4v) is 5.46. The Morgan fingerprint density at radius 3 is 2.67 bits per heavy atom. The standard InChI is InChI=1S/C27H24N6O3/c1-17(18-6-8-20(9-7-18)33(35)36)30-26(34)21-10-11-24-27(22-4-2-3-5-23(22)31-25(21)27)29-16-32(24)19-12-14-28-15-13-19/h2-15,17,24,29,31H,16H2,1H3,(H,30,34)/t17?,24-,27?/m1/s1. The molecule has 1 saturated heterocycles. The highest BCUT2D eigenvalue weighted by atomic mass is 16.6. The maximum atomic E-state index is 13.6. The maximum Gasteiger partial charge on any atom is 0.269 e. The van der Waals surface area contributed by atoms with E-state index in [2.05, 4.69) is 38.0 Å². The Labute approximate surface area is 207 Å². The van der Waals surface area contributed by atoms with Gasteiger partial charge in [-0.15, -0.1) is 0 Å². The number of carbonyl (C=O) groups is 1. The van der Waals surface area contributed by atoms with E-state index in [-0.39, 0.29) is 23.7 Å². The number of hydrogen-bond donors (Lipinski definition) is 3. The van der Waals surface area contributed by atoms with Crippen LogP contribution in [0.15, 0.2) is 96.5 Å². The third kappa shape index (κ3) is 3.28. The van der Waals surface area contributed by atoms with Crippen molar-refractivity contribution in [2.24, 2.45) is 0 Å². The number of nitro benzene ring substituents is 1. The number of carbonyl (C=O) groups excluding carboxylic acids is 1. The zero-order chi connectivity index (χ0) is 24.9. The van der Waals surface area contributed by atoms with Crippen molar-refractivity contribution in [3.63, 3.8) is 0 Å². The normalized spacial score (nSPS) is 22.4. The highest BCUT2D eigenvalue weighted by molar-refractivity contribution is 6.00. The average molecular weight is 481 g/mol. The number of nitrogens with one attached hydrogen (secondary N) is 3. The number of fused-ring (bicyclic) bond motifs is 1. The zero-order valence-electron chi connectivity index (χ0n) is 19.5. The molecule has 3 aliphatic rings. The Bertz CT molecular complexity index is 1420. The van der Waals surface area contributed by atoms with Crippen molar-refractivity contribution in [2.45, 2.75) is 24.5 Å². The molecule has 3 heterocycles. The maximum absolute atomic E-state index is 13.6. The molecule has 180 valence electrons. The van der Waals surface area contributed by atoms with Gasteiger partial charge in [0, 0.05) is 41.5 Å². The molecule has 1 fully saturated rings. The second-order valence-electron chi connectivity index (χ2n) is 9.13. The molecule has 36 heavy (non-hydrogen) atoms. The topological polar surface area (TPSA) is 112 Å². The molecule has 1 spiro atoms. The van der Waals surface area contributed by atoms with Gasteiger partial charge < -0.3 is 15.5 Å². The molecule has 0 radical (unpaired) electrons. The molecule has 9 heteroatoms. The van der Waals surface area contributed by atoms with Crippen LogP contribution in [-0.2, 0) is 10.3 Å². The van der Waals surface area contributed by atoms with Crippen LogP contribution in [0.4, 0.5) is 17.1 Å². The summed E-state index contributed by atoms with van der Waals surface area (Å²) in [6.07, 6.45) is 7.53. The smallest absolute Gasteiger partial charge is 0.269 e. The van der Waals surface area contributed by atoms with Crippen molar-refractivity contribution >= 4 is 23.0 Å². The summed E-state index contributed by atoms with van der Waals surface area (Å²) in [5, 5.41) is 21.3. The van der Waals surface area contributed by atoms with Crippen LogP contribution in [0.5, 0.6) is 0 Å². The summed E-state index contributed by atoms with van der Waals surface area (Å²) in [7, 11) is 0. The zero-order valence-corrected chi connectivity index (χ0v) is 19.5. The Kier molecular flexibility index (Phi) is 5.08. The number of amides is 1. The van der Waals surface area contributed by atoms with E-state index in [0.717, 1.165) is 28.2 Å². The van der Waals surface area contributed by atoms with Gasteiger partial charge in [0.25, 0.3) is 11.6 Å². The van der Waals surface area contributed by atoms with E-state index >= 15 is 0 Å². The minimum absolute atomic E-state index is 0.0179. The largest absolute Gasteiger partial charge is 0.356 e. The molecular weight excluding hydrogens is 456 g/mol. The van der Waals surface area contributed by atoms with Crippen LogP contribution in [0.25, 0.3) is 0 Å². The van der Waals surface area contributed by atoms with Gasteiger partial charge in [-0.05, 0) is 36.8 Å². The van der Waals surface area contributed by atoms with Gasteiger partial charge in [0.2, 0.25) is 0 Å². The molecule has 2 aromatic carbocycles. The van der Waals surface area contributed by atoms with Crippen LogP contribution in [-0.4, -0.2) is 28.5 Å². The molecule has 0 saturated carbocycles. The highest BCUT2D eigenvalue weighted by Gasteiger charge is 2.57. The van der Waals surface area contributed by atoms with Crippen LogP contribution in [0.1, 0.15) is 24.1 Å². The third-order valence-corrected chi connectivity index (χ3v) is 7.22. The van der Waals surface area contributed by atoms with Crippen molar-refractivity contribution < 1.29 is 9.72 Å². The molecule has 1 amide bonds. The van der Waals surface area contributed by atoms with E-state index in [1.807, 2.05) is 43.3 Å². The summed E-state index contributed by atoms with van der Waals surface area (Å²) in [6.45, 7) is 2.47. The van der Waals surface area contributed by atoms with Gasteiger partial charge in [0.1, 0.15) is 5.54 Å². The molecule has 3 atom stereocenters. The number of aromatic nitrogens is 1. The van der Waals surface area contributed by atoms with E-state index in [0.29, 0.717) is 12.2 Å². The van der Waals surface area contributed by atoms with Crippen molar-refractivity contribution in [3.8, 4) is 0 Å². The fourth-order valence-electron chi connectivity index (χ4n) is 5.46. The first-order chi connectivity index (χ1) is 17.5. The molecule has 2 aliphatic heterocycles. The highest BCUT2D eigenvalue weighted by Crippen LogP contribution is 2.51. The lowest BCUT2D eigenvalue weighted by Crippen LogP contribution is -2.49. The van der Waals surface area contributed by atoms with Gasteiger partial charge in [0.15, 0.2) is 0 Å². The first kappa shape index (κ1) is 22.0. The van der Waals surface area contributed by atoms with Crippen LogP contribution >= 0.6 is 0 Å². The van der Waals surface area contributed by atoms with Gasteiger partial charge >= 0.3 is 0 Å². The summed E-state index contributed by atoms with van der Waals surface area (Å²) in [5.74, 6) is -0.214. The van der Waals surface area contributed by atoms with Gasteiger partial charge in [-0.25, -0.2) is 0 Å². The summed E-state index contributed by atoms with van der Waals surface area (Å²) < 4.78 is 0. The van der Waals surface area contributed by atoms with Crippen molar-refractivity contribution in [1.82, 2.24) is 15.6 Å². The fraction of sp³-hybridized carbons (Fsp3) is 0.185. The summed E-state index contributed by atoms with van der Waals surface area (Å²) in [5.41, 5.74) is 4.70. The van der Waals surface area contributed by atoms with Crippen molar-refractivity contribution in [2.75, 3.05) is 16.9 Å². The molecule has 0 bridgehead atoms. The van der Waals surface area contributed by atoms with E-state index in [1.165, 1.54) is 12.1 Å². The summed E-state index contributed by atoms with van der Waals surface area (Å²) in [6, 6.07) is 18.0. The van der Waals surface area contributed by atoms with E-state index in [9.17, 15) is 14.9 Å². The predicted octanol–water partition coefficient (Wildman–Crippen LogP) is 3.75. The number of hydrogen-bond acceptors (Lipinski definition) is 7. The van der Waals surface area contributed by atoms with Crippen LogP contribution in [0.2, 0.25) is 0 Å². The van der Waals surface area contributed by atoms with Gasteiger partial charge in [0.05, 0.1) is 34.9 Å². The Hall–Kier alpha value is -4.50. The first-order valence-corrected chi connectivity index (χ1v) is 11.8. The number of benzene rings is 2. The minimum Gasteiger partial charge on any atom is -0.356 e. The van der Waals surface area contributed by atoms with E-state index in [1.54, 1.807) is 24.5 Å². The molecule has 1 aromatic heterocycles. The molecule has 1 aliphatic carbocycles. The summed E-state index contributed by atoms with van der Waals surface area (Å²) >= 11 is 0. The lowest BCUT2D eigenvalue weighted by molar-refractivity contribution is -0.384. The lowest BCUT2D eigenvalue weighted by Gasteiger charge is -2.37. The van der Waals surface area contributed by atoms with Crippen LogP contribution in [0, 0.1) is 10.1 Å². The number of rotatable bonds is 5. The minimum atomic E-state index is -0.599. The average Bonchev–Trinajstić information content (AvgIpc) is 3.46. The molecule has 9 nitrogen and oxygen atoms in total. The Balaban J connectivity index is 1.35. The summed E-state index contributed by atoms with van der Waals surface area (Å²) in [4.78, 5) is 30.5. The SMILES string of the molecule is CC(NC(=O)C1=C2Nc3ccccc3C23NCN(c2ccncc2)[C@@H]3C=C1)c1ccc([N+](=O)[O-])cc1. The molecule has 3 N–H and O–H groups in total. The second kappa shape index (κ2) is 8.31. The van der Waals surface area contributed by atoms with Crippen LogP contribution in [0.3, 0.4) is 0 Å². The predicted molar refractivity (Wildman–Crippen MR) is 136 cm³/mol. The Morgan fingerprint density at radius 2 is 1.92 bits per heavy atom. The van der Waals surface area contributed by atoms with Gasteiger partial charge in [-0.3, -0.25) is 25.2 Å². The third-order valence-electron chi connectivity index (χ3n) is 7.22. The lowest BCUT2D eigenvalue weighted by atomic mass is 9.77. The Morgan fingerprint density at radius 1 is 1.17 bits per heavy atom. The quantitative estimate of drug-likeness (QED) is 0.377. The van der Waals surface area contributed by atoms with Gasteiger partial charge in [-0.2, -0.15) is 0 Å². The number of non-ortho nitro benzene ring substituents is 1. The number of nitrogens with zero attached hydrogens (tertiary/aromatic N) is 3. The molecule has 6 rings (SSSR count). The van der Waals surface area contributed by atoms with E-state index < -0.39 is 10.5 Å². The number of anilines is 2. The number of pyridine rings is 1. The first-order valence-electron chi connectivity index (χ1n) is 11.8.